The van der Waals surface area contributed by atoms with Gasteiger partial charge in [0.2, 0.25) is 0 Å². The molecule has 0 aromatic carbocycles. The highest BCUT2D eigenvalue weighted by molar-refractivity contribution is 7.99. The zero-order valence-electron chi connectivity index (χ0n) is 7.31. The Bertz CT molecular complexity index is 532. The Morgan fingerprint density at radius 2 is 1.87 bits per heavy atom. The first-order chi connectivity index (χ1) is 7.34. The molecule has 0 radical (unpaired) electrons. The summed E-state index contributed by atoms with van der Waals surface area (Å²) in [6, 6.07) is 0. The smallest absolute Gasteiger partial charge is 0.167 e. The summed E-state index contributed by atoms with van der Waals surface area (Å²) < 4.78 is 0. The molecule has 5 nitrogen and oxygen atoms in total. The van der Waals surface area contributed by atoms with E-state index >= 15 is 0 Å². The molecule has 0 amide bonds. The van der Waals surface area contributed by atoms with E-state index in [0.717, 1.165) is 21.2 Å². The third-order valence-corrected chi connectivity index (χ3v) is 3.48. The van der Waals surface area contributed by atoms with E-state index in [2.05, 4.69) is 25.7 Å². The number of halogens is 1. The molecule has 0 aliphatic carbocycles. The molecule has 0 unspecified atom stereocenters. The Morgan fingerprint density at radius 3 is 2.80 bits per heavy atom. The van der Waals surface area contributed by atoms with Gasteiger partial charge in [0.15, 0.2) is 5.15 Å². The van der Waals surface area contributed by atoms with Gasteiger partial charge in [-0.15, -0.1) is 5.10 Å². The first-order valence-electron chi connectivity index (χ1n) is 4.11. The van der Waals surface area contributed by atoms with Crippen LogP contribution in [0.2, 0.25) is 5.15 Å². The van der Waals surface area contributed by atoms with Crippen LogP contribution in [0, 0.1) is 0 Å². The molecule has 0 bridgehead atoms. The highest BCUT2D eigenvalue weighted by Crippen LogP contribution is 2.45. The molecule has 1 aliphatic heterocycles. The summed E-state index contributed by atoms with van der Waals surface area (Å²) in [6.45, 7) is 0. The molecule has 0 saturated heterocycles. The van der Waals surface area contributed by atoms with Crippen molar-refractivity contribution in [3.63, 3.8) is 0 Å². The third-order valence-electron chi connectivity index (χ3n) is 1.94. The van der Waals surface area contributed by atoms with Crippen molar-refractivity contribution in [2.45, 2.75) is 9.79 Å². The van der Waals surface area contributed by atoms with Gasteiger partial charge in [-0.25, -0.2) is 0 Å². The minimum Gasteiger partial charge on any atom is -0.351 e. The van der Waals surface area contributed by atoms with Crippen LogP contribution in [0.1, 0.15) is 0 Å². The van der Waals surface area contributed by atoms with Crippen LogP contribution in [0.25, 0.3) is 0 Å². The minimum atomic E-state index is 0.396. The molecular weight excluding hydrogens is 234 g/mol. The molecule has 0 saturated carbocycles. The van der Waals surface area contributed by atoms with E-state index in [1.165, 1.54) is 11.8 Å². The second-order valence-corrected chi connectivity index (χ2v) is 4.28. The SMILES string of the molecule is Clc1nncc2c1Sc1cnncc1N2. The molecule has 1 N–H and O–H groups in total. The van der Waals surface area contributed by atoms with Gasteiger partial charge in [-0.05, 0) is 0 Å². The Kier molecular flexibility index (Phi) is 1.96. The molecule has 15 heavy (non-hydrogen) atoms. The van der Waals surface area contributed by atoms with E-state index < -0.39 is 0 Å². The quantitative estimate of drug-likeness (QED) is 0.646. The lowest BCUT2D eigenvalue weighted by atomic mass is 10.4. The molecule has 0 spiro atoms. The topological polar surface area (TPSA) is 63.6 Å². The van der Waals surface area contributed by atoms with Gasteiger partial charge in [-0.2, -0.15) is 15.3 Å². The van der Waals surface area contributed by atoms with Crippen LogP contribution in [0.4, 0.5) is 11.4 Å². The lowest BCUT2D eigenvalue weighted by molar-refractivity contribution is 0.975. The normalized spacial score (nSPS) is 12.6. The lowest BCUT2D eigenvalue weighted by Crippen LogP contribution is -2.03. The van der Waals surface area contributed by atoms with Gasteiger partial charge in [0.1, 0.15) is 0 Å². The molecule has 1 aliphatic rings. The molecular formula is C8H4ClN5S. The number of rotatable bonds is 0. The van der Waals surface area contributed by atoms with Crippen LogP contribution in [0.3, 0.4) is 0 Å². The Labute approximate surface area is 94.3 Å². The highest BCUT2D eigenvalue weighted by Gasteiger charge is 2.19. The Balaban J connectivity index is 2.15. The van der Waals surface area contributed by atoms with Crippen molar-refractivity contribution in [1.82, 2.24) is 20.4 Å². The number of nitrogens with zero attached hydrogens (tertiary/aromatic N) is 4. The second-order valence-electron chi connectivity index (χ2n) is 2.87. The maximum Gasteiger partial charge on any atom is 0.167 e. The van der Waals surface area contributed by atoms with Crippen molar-refractivity contribution in [2.75, 3.05) is 5.32 Å². The molecule has 0 atom stereocenters. The van der Waals surface area contributed by atoms with Crippen LogP contribution in [-0.2, 0) is 0 Å². The maximum absolute atomic E-state index is 5.94. The van der Waals surface area contributed by atoms with E-state index in [1.54, 1.807) is 18.6 Å². The van der Waals surface area contributed by atoms with Crippen molar-refractivity contribution in [2.24, 2.45) is 0 Å². The van der Waals surface area contributed by atoms with Gasteiger partial charge < -0.3 is 5.32 Å². The third kappa shape index (κ3) is 1.42. The summed E-state index contributed by atoms with van der Waals surface area (Å²) in [5, 5.41) is 18.7. The van der Waals surface area contributed by atoms with Gasteiger partial charge in [0.05, 0.1) is 39.8 Å². The number of hydrogen-bond donors (Lipinski definition) is 1. The maximum atomic E-state index is 5.94. The minimum absolute atomic E-state index is 0.396. The molecule has 2 aromatic heterocycles. The first-order valence-corrected chi connectivity index (χ1v) is 5.31. The predicted octanol–water partition coefficient (Wildman–Crippen LogP) is 2.13. The summed E-state index contributed by atoms with van der Waals surface area (Å²) in [6.07, 6.45) is 4.99. The zero-order chi connectivity index (χ0) is 10.3. The van der Waals surface area contributed by atoms with Gasteiger partial charge in [-0.1, -0.05) is 23.4 Å². The molecule has 0 fully saturated rings. The van der Waals surface area contributed by atoms with Crippen molar-refractivity contribution in [3.05, 3.63) is 23.7 Å². The fraction of sp³-hybridized carbons (Fsp3) is 0. The Morgan fingerprint density at radius 1 is 1.07 bits per heavy atom. The van der Waals surface area contributed by atoms with Crippen LogP contribution < -0.4 is 5.32 Å². The van der Waals surface area contributed by atoms with E-state index in [0.29, 0.717) is 5.15 Å². The van der Waals surface area contributed by atoms with E-state index in [-0.39, 0.29) is 0 Å². The second kappa shape index (κ2) is 3.32. The van der Waals surface area contributed by atoms with E-state index in [4.69, 9.17) is 11.6 Å². The number of nitrogens with one attached hydrogen (secondary N) is 1. The van der Waals surface area contributed by atoms with Gasteiger partial charge in [0, 0.05) is 0 Å². The fourth-order valence-corrected chi connectivity index (χ4v) is 2.41. The summed E-state index contributed by atoms with van der Waals surface area (Å²) in [5.74, 6) is 0. The summed E-state index contributed by atoms with van der Waals surface area (Å²) >= 11 is 7.45. The number of anilines is 2. The molecule has 3 rings (SSSR count). The van der Waals surface area contributed by atoms with Crippen LogP contribution in [0.15, 0.2) is 28.4 Å². The van der Waals surface area contributed by atoms with Crippen molar-refractivity contribution in [1.29, 1.82) is 0 Å². The average molecular weight is 238 g/mol. The van der Waals surface area contributed by atoms with Gasteiger partial charge in [0.25, 0.3) is 0 Å². The van der Waals surface area contributed by atoms with Crippen molar-refractivity contribution < 1.29 is 0 Å². The van der Waals surface area contributed by atoms with Crippen molar-refractivity contribution in [3.8, 4) is 0 Å². The van der Waals surface area contributed by atoms with Crippen LogP contribution in [0.5, 0.6) is 0 Å². The highest BCUT2D eigenvalue weighted by atomic mass is 35.5. The molecule has 74 valence electrons. The average Bonchev–Trinajstić information content (AvgIpc) is 2.27. The Hall–Kier alpha value is -1.40. The molecule has 3 heterocycles. The monoisotopic (exact) mass is 237 g/mol. The standard InChI is InChI=1S/C8H4ClN5S/c9-8-7-5(2-12-14-8)13-4-1-10-11-3-6(4)15-7/h1-3,13H. The van der Waals surface area contributed by atoms with E-state index in [1.807, 2.05) is 0 Å². The summed E-state index contributed by atoms with van der Waals surface area (Å²) in [5.41, 5.74) is 1.76. The fourth-order valence-electron chi connectivity index (χ4n) is 1.28. The number of fused-ring (bicyclic) bond motifs is 2. The van der Waals surface area contributed by atoms with Crippen LogP contribution >= 0.6 is 23.4 Å². The predicted molar refractivity (Wildman–Crippen MR) is 56.5 cm³/mol. The van der Waals surface area contributed by atoms with Crippen molar-refractivity contribution >= 4 is 34.7 Å². The molecule has 2 aromatic rings. The first kappa shape index (κ1) is 8.87. The number of hydrogen-bond acceptors (Lipinski definition) is 6. The van der Waals surface area contributed by atoms with E-state index in [9.17, 15) is 0 Å². The summed E-state index contributed by atoms with van der Waals surface area (Å²) in [7, 11) is 0. The summed E-state index contributed by atoms with van der Waals surface area (Å²) in [4.78, 5) is 1.85. The number of aromatic nitrogens is 4. The zero-order valence-corrected chi connectivity index (χ0v) is 8.88. The van der Waals surface area contributed by atoms with Gasteiger partial charge >= 0.3 is 0 Å². The molecule has 7 heteroatoms. The lowest BCUT2D eigenvalue weighted by Gasteiger charge is -2.18. The van der Waals surface area contributed by atoms with Gasteiger partial charge in [-0.3, -0.25) is 0 Å². The van der Waals surface area contributed by atoms with Crippen LogP contribution in [-0.4, -0.2) is 20.4 Å². The largest absolute Gasteiger partial charge is 0.351 e.